The van der Waals surface area contributed by atoms with Gasteiger partial charge in [0.15, 0.2) is 5.75 Å². The van der Waals surface area contributed by atoms with Crippen LogP contribution in [0.5, 0.6) is 5.75 Å². The molecule has 0 saturated carbocycles. The van der Waals surface area contributed by atoms with Gasteiger partial charge in [-0.25, -0.2) is 0 Å². The van der Waals surface area contributed by atoms with Crippen molar-refractivity contribution in [3.05, 3.63) is 53.1 Å². The number of carbonyl (C=O) groups excluding carboxylic acids is 1. The van der Waals surface area contributed by atoms with Crippen LogP contribution in [0.25, 0.3) is 0 Å². The molecule has 4 heteroatoms. The minimum Gasteiger partial charge on any atom is -0.494 e. The number of hydrogen-bond donors (Lipinski definition) is 1. The molecule has 0 aliphatic rings. The highest BCUT2D eigenvalue weighted by atomic mass is 16.5. The maximum Gasteiger partial charge on any atom is 0.261 e. The van der Waals surface area contributed by atoms with Gasteiger partial charge < -0.3 is 15.4 Å². The van der Waals surface area contributed by atoms with Crippen LogP contribution in [0.15, 0.2) is 36.4 Å². The molecule has 4 nitrogen and oxygen atoms in total. The predicted octanol–water partition coefficient (Wildman–Crippen LogP) is 3.17. The van der Waals surface area contributed by atoms with Crippen LogP contribution in [0.1, 0.15) is 21.5 Å². The first kappa shape index (κ1) is 14.9. The molecule has 0 unspecified atom stereocenters. The number of nitrogens with zero attached hydrogens (tertiary/aromatic N) is 1. The average Bonchev–Trinajstić information content (AvgIpc) is 2.45. The number of ether oxygens (including phenoxy) is 1. The Kier molecular flexibility index (Phi) is 4.17. The minimum atomic E-state index is -0.147. The first-order chi connectivity index (χ1) is 9.95. The molecule has 2 rings (SSSR count). The fraction of sp³-hybridized carbons (Fsp3) is 0.235. The molecule has 0 aliphatic carbocycles. The molecule has 2 N–H and O–H groups in total. The van der Waals surface area contributed by atoms with Crippen molar-refractivity contribution < 1.29 is 9.53 Å². The van der Waals surface area contributed by atoms with E-state index >= 15 is 0 Å². The monoisotopic (exact) mass is 284 g/mol. The van der Waals surface area contributed by atoms with Crippen molar-refractivity contribution >= 4 is 17.3 Å². The van der Waals surface area contributed by atoms with Crippen molar-refractivity contribution in [2.24, 2.45) is 0 Å². The Labute approximate surface area is 125 Å². The number of nitrogens with two attached hydrogens (primary N) is 1. The zero-order chi connectivity index (χ0) is 15.6. The molecule has 2 aromatic rings. The third kappa shape index (κ3) is 2.84. The lowest BCUT2D eigenvalue weighted by Gasteiger charge is -2.21. The number of para-hydroxylation sites is 1. The molecule has 0 fully saturated rings. The lowest BCUT2D eigenvalue weighted by Crippen LogP contribution is -2.27. The summed E-state index contributed by atoms with van der Waals surface area (Å²) in [6.07, 6.45) is 0. The topological polar surface area (TPSA) is 55.6 Å². The Bertz CT molecular complexity index is 680. The van der Waals surface area contributed by atoms with E-state index in [9.17, 15) is 4.79 Å². The third-order valence-corrected chi connectivity index (χ3v) is 3.50. The zero-order valence-corrected chi connectivity index (χ0v) is 12.8. The molecular weight excluding hydrogens is 264 g/mol. The van der Waals surface area contributed by atoms with Crippen molar-refractivity contribution in [3.8, 4) is 5.75 Å². The summed E-state index contributed by atoms with van der Waals surface area (Å²) in [5.41, 5.74) is 9.86. The van der Waals surface area contributed by atoms with Gasteiger partial charge in [-0.05, 0) is 37.6 Å². The standard InChI is InChI=1S/C17H20N2O2/c1-11-8-9-15(12(2)10-11)19(3)17(20)13-6-5-7-14(18)16(13)21-4/h5-10H,18H2,1-4H3. The maximum absolute atomic E-state index is 12.7. The highest BCUT2D eigenvalue weighted by molar-refractivity contribution is 6.08. The second-order valence-electron chi connectivity index (χ2n) is 5.08. The lowest BCUT2D eigenvalue weighted by molar-refractivity contribution is 0.0990. The summed E-state index contributed by atoms with van der Waals surface area (Å²) >= 11 is 0. The quantitative estimate of drug-likeness (QED) is 0.881. The van der Waals surface area contributed by atoms with Crippen LogP contribution in [0.2, 0.25) is 0 Å². The van der Waals surface area contributed by atoms with Crippen molar-refractivity contribution in [1.29, 1.82) is 0 Å². The van der Waals surface area contributed by atoms with Crippen LogP contribution in [-0.4, -0.2) is 20.1 Å². The van der Waals surface area contributed by atoms with E-state index in [1.807, 2.05) is 26.0 Å². The zero-order valence-electron chi connectivity index (χ0n) is 12.8. The summed E-state index contributed by atoms with van der Waals surface area (Å²) in [6.45, 7) is 4.02. The SMILES string of the molecule is COc1c(N)cccc1C(=O)N(C)c1ccc(C)cc1C. The first-order valence-corrected chi connectivity index (χ1v) is 6.73. The molecule has 0 saturated heterocycles. The van der Waals surface area contributed by atoms with Crippen molar-refractivity contribution in [2.75, 3.05) is 24.8 Å². The number of methoxy groups -OCH3 is 1. The molecule has 0 heterocycles. The normalized spacial score (nSPS) is 10.3. The van der Waals surface area contributed by atoms with Gasteiger partial charge in [-0.2, -0.15) is 0 Å². The van der Waals surface area contributed by atoms with E-state index < -0.39 is 0 Å². The second kappa shape index (κ2) is 5.87. The summed E-state index contributed by atoms with van der Waals surface area (Å²) in [7, 11) is 3.27. The third-order valence-electron chi connectivity index (χ3n) is 3.50. The Morgan fingerprint density at radius 1 is 1.19 bits per heavy atom. The van der Waals surface area contributed by atoms with E-state index in [0.29, 0.717) is 17.0 Å². The molecule has 0 atom stereocenters. The summed E-state index contributed by atoms with van der Waals surface area (Å²) in [5, 5.41) is 0. The molecule has 0 aromatic heterocycles. The van der Waals surface area contributed by atoms with Gasteiger partial charge in [0.25, 0.3) is 5.91 Å². The van der Waals surface area contributed by atoms with Gasteiger partial charge in [-0.1, -0.05) is 23.8 Å². The molecular formula is C17H20N2O2. The molecule has 2 aromatic carbocycles. The molecule has 0 radical (unpaired) electrons. The van der Waals surface area contributed by atoms with Crippen molar-refractivity contribution in [3.63, 3.8) is 0 Å². The number of hydrogen-bond acceptors (Lipinski definition) is 3. The van der Waals surface area contributed by atoms with Crippen LogP contribution in [0.3, 0.4) is 0 Å². The van der Waals surface area contributed by atoms with E-state index in [1.165, 1.54) is 12.7 Å². The van der Waals surface area contributed by atoms with Gasteiger partial charge in [-0.3, -0.25) is 4.79 Å². The molecule has 110 valence electrons. The van der Waals surface area contributed by atoms with Gasteiger partial charge in [0, 0.05) is 12.7 Å². The lowest BCUT2D eigenvalue weighted by atomic mass is 10.1. The van der Waals surface area contributed by atoms with E-state index in [4.69, 9.17) is 10.5 Å². The Morgan fingerprint density at radius 2 is 1.90 bits per heavy atom. The molecule has 0 aliphatic heterocycles. The van der Waals surface area contributed by atoms with Crippen LogP contribution in [0.4, 0.5) is 11.4 Å². The van der Waals surface area contributed by atoms with Crippen LogP contribution in [-0.2, 0) is 0 Å². The van der Waals surface area contributed by atoms with Crippen LogP contribution >= 0.6 is 0 Å². The van der Waals surface area contributed by atoms with Crippen molar-refractivity contribution in [2.45, 2.75) is 13.8 Å². The Morgan fingerprint density at radius 3 is 2.52 bits per heavy atom. The molecule has 0 spiro atoms. The predicted molar refractivity (Wildman–Crippen MR) is 86.1 cm³/mol. The fourth-order valence-corrected chi connectivity index (χ4v) is 2.42. The Hall–Kier alpha value is -2.49. The van der Waals surface area contributed by atoms with Crippen LogP contribution < -0.4 is 15.4 Å². The summed E-state index contributed by atoms with van der Waals surface area (Å²) in [4.78, 5) is 14.3. The maximum atomic E-state index is 12.7. The van der Waals surface area contributed by atoms with E-state index in [-0.39, 0.29) is 5.91 Å². The highest BCUT2D eigenvalue weighted by Gasteiger charge is 2.20. The highest BCUT2D eigenvalue weighted by Crippen LogP contribution is 2.29. The second-order valence-corrected chi connectivity index (χ2v) is 5.08. The number of amides is 1. The number of carbonyl (C=O) groups is 1. The molecule has 21 heavy (non-hydrogen) atoms. The first-order valence-electron chi connectivity index (χ1n) is 6.73. The minimum absolute atomic E-state index is 0.147. The van der Waals surface area contributed by atoms with Crippen LogP contribution in [0, 0.1) is 13.8 Å². The number of nitrogen functional groups attached to an aromatic ring is 1. The Balaban J connectivity index is 2.42. The van der Waals surface area contributed by atoms with Crippen molar-refractivity contribution in [1.82, 2.24) is 0 Å². The largest absolute Gasteiger partial charge is 0.494 e. The number of aryl methyl sites for hydroxylation is 2. The number of anilines is 2. The number of benzene rings is 2. The average molecular weight is 284 g/mol. The number of rotatable bonds is 3. The van der Waals surface area contributed by atoms with Gasteiger partial charge in [0.2, 0.25) is 0 Å². The fourth-order valence-electron chi connectivity index (χ4n) is 2.42. The molecule has 0 bridgehead atoms. The van der Waals surface area contributed by atoms with Gasteiger partial charge in [0.1, 0.15) is 0 Å². The molecule has 1 amide bonds. The smallest absolute Gasteiger partial charge is 0.261 e. The van der Waals surface area contributed by atoms with Gasteiger partial charge >= 0.3 is 0 Å². The van der Waals surface area contributed by atoms with E-state index in [2.05, 4.69) is 6.07 Å². The summed E-state index contributed by atoms with van der Waals surface area (Å²) in [5.74, 6) is 0.269. The summed E-state index contributed by atoms with van der Waals surface area (Å²) in [6, 6.07) is 11.2. The van der Waals surface area contributed by atoms with E-state index in [1.54, 1.807) is 30.1 Å². The van der Waals surface area contributed by atoms with Gasteiger partial charge in [-0.15, -0.1) is 0 Å². The van der Waals surface area contributed by atoms with Gasteiger partial charge in [0.05, 0.1) is 18.4 Å². The van der Waals surface area contributed by atoms with E-state index in [0.717, 1.165) is 11.3 Å². The summed E-state index contributed by atoms with van der Waals surface area (Å²) < 4.78 is 5.26.